The summed E-state index contributed by atoms with van der Waals surface area (Å²) in [5.41, 5.74) is 2.27. The van der Waals surface area contributed by atoms with Crippen LogP contribution in [0.25, 0.3) is 0 Å². The van der Waals surface area contributed by atoms with Crippen molar-refractivity contribution in [1.82, 2.24) is 0 Å². The van der Waals surface area contributed by atoms with Crippen molar-refractivity contribution in [3.8, 4) is 0 Å². The van der Waals surface area contributed by atoms with E-state index in [0.717, 1.165) is 49.7 Å². The summed E-state index contributed by atoms with van der Waals surface area (Å²) in [5.74, 6) is -0.766. The van der Waals surface area contributed by atoms with Crippen LogP contribution in [0, 0.1) is 0 Å². The molecule has 0 aliphatic heterocycles. The first-order valence-electron chi connectivity index (χ1n) is 6.20. The second-order valence-electron chi connectivity index (χ2n) is 4.14. The van der Waals surface area contributed by atoms with Crippen LogP contribution >= 0.6 is 0 Å². The van der Waals surface area contributed by atoms with E-state index in [1.165, 1.54) is 0 Å². The van der Waals surface area contributed by atoms with Gasteiger partial charge in [0.05, 0.1) is 6.42 Å². The number of carboxylic acid groups (broad SMARTS) is 1. The van der Waals surface area contributed by atoms with Gasteiger partial charge in [-0.05, 0) is 31.3 Å². The minimum atomic E-state index is -0.766. The highest BCUT2D eigenvalue weighted by Crippen LogP contribution is 2.21. The standard InChI is InChI=1S/C14H24O2/c1-4-6-8-12(3)13(9-7-5-2)10-11-14(15)16/h10H,3-9,11H2,1-2H3,(H,15,16). The molecule has 2 heteroatoms. The van der Waals surface area contributed by atoms with Crippen molar-refractivity contribution in [3.05, 3.63) is 23.8 Å². The van der Waals surface area contributed by atoms with E-state index in [4.69, 9.17) is 5.11 Å². The third-order valence-corrected chi connectivity index (χ3v) is 2.61. The summed E-state index contributed by atoms with van der Waals surface area (Å²) in [6.45, 7) is 8.36. The Hall–Kier alpha value is -1.05. The molecule has 0 radical (unpaired) electrons. The van der Waals surface area contributed by atoms with Crippen molar-refractivity contribution >= 4 is 5.97 Å². The molecule has 0 aromatic carbocycles. The molecule has 0 saturated heterocycles. The molecule has 0 unspecified atom stereocenters. The highest BCUT2D eigenvalue weighted by Gasteiger charge is 2.03. The van der Waals surface area contributed by atoms with Gasteiger partial charge in [-0.3, -0.25) is 4.79 Å². The lowest BCUT2D eigenvalue weighted by molar-refractivity contribution is -0.136. The molecule has 0 aromatic heterocycles. The first kappa shape index (κ1) is 14.9. The Balaban J connectivity index is 4.33. The molecule has 0 aliphatic carbocycles. The number of hydrogen-bond donors (Lipinski definition) is 1. The summed E-state index contributed by atoms with van der Waals surface area (Å²) in [6, 6.07) is 0. The van der Waals surface area contributed by atoms with Crippen molar-refractivity contribution < 1.29 is 9.90 Å². The minimum Gasteiger partial charge on any atom is -0.481 e. The average molecular weight is 224 g/mol. The zero-order valence-corrected chi connectivity index (χ0v) is 10.6. The van der Waals surface area contributed by atoms with Crippen molar-refractivity contribution in [2.75, 3.05) is 0 Å². The number of carbonyl (C=O) groups is 1. The predicted octanol–water partition coefficient (Wildman–Crippen LogP) is 4.32. The first-order chi connectivity index (χ1) is 7.61. The number of hydrogen-bond acceptors (Lipinski definition) is 1. The topological polar surface area (TPSA) is 37.3 Å². The van der Waals surface area contributed by atoms with Gasteiger partial charge in [-0.1, -0.05) is 44.9 Å². The molecule has 0 saturated carbocycles. The zero-order chi connectivity index (χ0) is 12.4. The van der Waals surface area contributed by atoms with Gasteiger partial charge in [0.15, 0.2) is 0 Å². The number of allylic oxidation sites excluding steroid dienone is 2. The maximum Gasteiger partial charge on any atom is 0.307 e. The van der Waals surface area contributed by atoms with Gasteiger partial charge in [-0.2, -0.15) is 0 Å². The van der Waals surface area contributed by atoms with Crippen LogP contribution in [0.5, 0.6) is 0 Å². The molecule has 0 spiro atoms. The van der Waals surface area contributed by atoms with Crippen LogP contribution < -0.4 is 0 Å². The first-order valence-corrected chi connectivity index (χ1v) is 6.20. The van der Waals surface area contributed by atoms with Crippen LogP contribution in [0.2, 0.25) is 0 Å². The van der Waals surface area contributed by atoms with Gasteiger partial charge < -0.3 is 5.11 Å². The summed E-state index contributed by atoms with van der Waals surface area (Å²) in [5, 5.41) is 8.67. The predicted molar refractivity (Wildman–Crippen MR) is 68.5 cm³/mol. The summed E-state index contributed by atoms with van der Waals surface area (Å²) >= 11 is 0. The maximum absolute atomic E-state index is 10.5. The third kappa shape index (κ3) is 7.27. The number of aliphatic carboxylic acids is 1. The fourth-order valence-electron chi connectivity index (χ4n) is 1.55. The quantitative estimate of drug-likeness (QED) is 0.592. The van der Waals surface area contributed by atoms with Crippen LogP contribution in [0.1, 0.15) is 58.8 Å². The molecule has 0 bridgehead atoms. The van der Waals surface area contributed by atoms with E-state index in [9.17, 15) is 4.79 Å². The van der Waals surface area contributed by atoms with Crippen LogP contribution in [-0.2, 0) is 4.79 Å². The van der Waals surface area contributed by atoms with Crippen LogP contribution in [-0.4, -0.2) is 11.1 Å². The lowest BCUT2D eigenvalue weighted by atomic mass is 9.96. The average Bonchev–Trinajstić information content (AvgIpc) is 2.25. The van der Waals surface area contributed by atoms with E-state index in [0.29, 0.717) is 0 Å². The molecular formula is C14H24O2. The Kier molecular flexibility index (Phi) is 8.59. The molecule has 0 fully saturated rings. The third-order valence-electron chi connectivity index (χ3n) is 2.61. The second kappa shape index (κ2) is 9.20. The van der Waals surface area contributed by atoms with Gasteiger partial charge in [-0.25, -0.2) is 0 Å². The molecular weight excluding hydrogens is 200 g/mol. The SMILES string of the molecule is C=C(CCCC)C(=CCC(=O)O)CCCC. The van der Waals surface area contributed by atoms with Gasteiger partial charge in [0.2, 0.25) is 0 Å². The van der Waals surface area contributed by atoms with Crippen LogP contribution in [0.4, 0.5) is 0 Å². The second-order valence-corrected chi connectivity index (χ2v) is 4.14. The molecule has 16 heavy (non-hydrogen) atoms. The fraction of sp³-hybridized carbons (Fsp3) is 0.643. The molecule has 0 aromatic rings. The van der Waals surface area contributed by atoms with Gasteiger partial charge in [0.1, 0.15) is 0 Å². The monoisotopic (exact) mass is 224 g/mol. The lowest BCUT2D eigenvalue weighted by Gasteiger charge is -2.10. The molecule has 0 atom stereocenters. The summed E-state index contributed by atoms with van der Waals surface area (Å²) < 4.78 is 0. The zero-order valence-electron chi connectivity index (χ0n) is 10.6. The van der Waals surface area contributed by atoms with Crippen molar-refractivity contribution in [1.29, 1.82) is 0 Å². The fourth-order valence-corrected chi connectivity index (χ4v) is 1.55. The van der Waals surface area contributed by atoms with E-state index >= 15 is 0 Å². The molecule has 0 heterocycles. The van der Waals surface area contributed by atoms with E-state index in [1.807, 2.05) is 6.08 Å². The lowest BCUT2D eigenvalue weighted by Crippen LogP contribution is -1.95. The molecule has 92 valence electrons. The van der Waals surface area contributed by atoms with Gasteiger partial charge >= 0.3 is 5.97 Å². The Morgan fingerprint density at radius 1 is 1.19 bits per heavy atom. The summed E-state index contributed by atoms with van der Waals surface area (Å²) in [4.78, 5) is 10.5. The maximum atomic E-state index is 10.5. The Morgan fingerprint density at radius 3 is 2.25 bits per heavy atom. The van der Waals surface area contributed by atoms with E-state index < -0.39 is 5.97 Å². The molecule has 2 nitrogen and oxygen atoms in total. The number of carboxylic acids is 1. The van der Waals surface area contributed by atoms with E-state index in [-0.39, 0.29) is 6.42 Å². The highest BCUT2D eigenvalue weighted by atomic mass is 16.4. The Morgan fingerprint density at radius 2 is 1.75 bits per heavy atom. The molecule has 0 rings (SSSR count). The largest absolute Gasteiger partial charge is 0.481 e. The van der Waals surface area contributed by atoms with Crippen LogP contribution in [0.15, 0.2) is 23.8 Å². The number of unbranched alkanes of at least 4 members (excludes halogenated alkanes) is 2. The van der Waals surface area contributed by atoms with Gasteiger partial charge in [0, 0.05) is 0 Å². The summed E-state index contributed by atoms with van der Waals surface area (Å²) in [7, 11) is 0. The number of rotatable bonds is 9. The van der Waals surface area contributed by atoms with E-state index in [1.54, 1.807) is 0 Å². The Labute approximate surface area is 99.1 Å². The normalized spacial score (nSPS) is 11.5. The van der Waals surface area contributed by atoms with Crippen molar-refractivity contribution in [2.45, 2.75) is 58.8 Å². The molecule has 1 N–H and O–H groups in total. The molecule has 0 amide bonds. The highest BCUT2D eigenvalue weighted by molar-refractivity contribution is 5.69. The van der Waals surface area contributed by atoms with Gasteiger partial charge in [0.25, 0.3) is 0 Å². The van der Waals surface area contributed by atoms with Crippen molar-refractivity contribution in [2.24, 2.45) is 0 Å². The molecule has 0 aliphatic rings. The van der Waals surface area contributed by atoms with E-state index in [2.05, 4.69) is 20.4 Å². The van der Waals surface area contributed by atoms with Crippen molar-refractivity contribution in [3.63, 3.8) is 0 Å². The van der Waals surface area contributed by atoms with Crippen LogP contribution in [0.3, 0.4) is 0 Å². The Bertz CT molecular complexity index is 251. The van der Waals surface area contributed by atoms with Gasteiger partial charge in [-0.15, -0.1) is 0 Å². The summed E-state index contributed by atoms with van der Waals surface area (Å²) in [6.07, 6.45) is 8.43. The smallest absolute Gasteiger partial charge is 0.307 e. The minimum absolute atomic E-state index is 0.115.